The number of aromatic hydroxyl groups is 1. The van der Waals surface area contributed by atoms with E-state index < -0.39 is 23.7 Å². The van der Waals surface area contributed by atoms with Gasteiger partial charge in [0.1, 0.15) is 0 Å². The zero-order chi connectivity index (χ0) is 28.6. The van der Waals surface area contributed by atoms with Gasteiger partial charge in [-0.15, -0.1) is 0 Å². The molecule has 1 saturated heterocycles. The molecule has 4 aliphatic rings. The number of allylic oxidation sites excluding steroid dienone is 6. The van der Waals surface area contributed by atoms with Crippen molar-refractivity contribution in [3.05, 3.63) is 85.9 Å². The molecule has 1 heterocycles. The lowest BCUT2D eigenvalue weighted by Gasteiger charge is -2.42. The normalized spacial score (nSPS) is 25.9. The minimum Gasteiger partial charge on any atom is -0.503 e. The predicted molar refractivity (Wildman–Crippen MR) is 150 cm³/mol. The molecule has 204 valence electrons. The van der Waals surface area contributed by atoms with Crippen molar-refractivity contribution in [2.24, 2.45) is 17.8 Å². The topological polar surface area (TPSA) is 101 Å². The van der Waals surface area contributed by atoms with Crippen molar-refractivity contribution < 1.29 is 29.0 Å². The third-order valence-corrected chi connectivity index (χ3v) is 9.28. The number of hydrogen-bond donors (Lipinski definition) is 1. The molecule has 0 saturated carbocycles. The van der Waals surface area contributed by atoms with Crippen molar-refractivity contribution in [1.82, 2.24) is 0 Å². The molecule has 4 atom stereocenters. The number of carbonyl (C=O) groups excluding carboxylic acids is 4. The molecular formula is C31H25Cl2NO6. The van der Waals surface area contributed by atoms with Crippen LogP contribution < -0.4 is 9.64 Å². The van der Waals surface area contributed by atoms with Gasteiger partial charge in [0.05, 0.1) is 29.7 Å². The van der Waals surface area contributed by atoms with Gasteiger partial charge < -0.3 is 9.84 Å². The van der Waals surface area contributed by atoms with Gasteiger partial charge >= 0.3 is 0 Å². The van der Waals surface area contributed by atoms with E-state index in [2.05, 4.69) is 0 Å². The number of rotatable bonds is 3. The number of hydrogen-bond acceptors (Lipinski definition) is 6. The van der Waals surface area contributed by atoms with Gasteiger partial charge in [-0.2, -0.15) is 0 Å². The van der Waals surface area contributed by atoms with Crippen molar-refractivity contribution in [1.29, 1.82) is 0 Å². The standard InChI is InChI=1S/C31H25Cl2NO6/c1-13-4-5-16(11-21(13)32)34-30(38)18-7-6-17-19(26(18)31(34)39)12-20-23(35)8-14(2)28(36)27(20)25(17)15-9-22(33)29(37)24(10-15)40-3/h4-6,8-11,18-19,25-26,37H,7,12H2,1-3H3/t18-,19+,25-,26-/m0/s1. The van der Waals surface area contributed by atoms with Crippen LogP contribution in [-0.2, 0) is 19.2 Å². The number of nitrogens with zero attached hydrogens (tertiary/aromatic N) is 1. The van der Waals surface area contributed by atoms with E-state index in [0.717, 1.165) is 11.1 Å². The van der Waals surface area contributed by atoms with Crippen LogP contribution in [0.5, 0.6) is 11.5 Å². The molecule has 40 heavy (non-hydrogen) atoms. The Hall–Kier alpha value is -3.68. The Morgan fingerprint density at radius 1 is 0.975 bits per heavy atom. The summed E-state index contributed by atoms with van der Waals surface area (Å²) in [5, 5.41) is 10.9. The number of methoxy groups -OCH3 is 1. The molecular weight excluding hydrogens is 553 g/mol. The fraction of sp³-hybridized carbons (Fsp3) is 0.290. The Balaban J connectivity index is 1.50. The minimum absolute atomic E-state index is 0.0318. The Morgan fingerprint density at radius 2 is 1.73 bits per heavy atom. The largest absolute Gasteiger partial charge is 0.503 e. The molecule has 6 rings (SSSR count). The summed E-state index contributed by atoms with van der Waals surface area (Å²) in [6.45, 7) is 3.44. The first-order valence-corrected chi connectivity index (χ1v) is 13.7. The third kappa shape index (κ3) is 3.79. The molecule has 2 aromatic carbocycles. The van der Waals surface area contributed by atoms with Gasteiger partial charge in [-0.05, 0) is 74.1 Å². The molecule has 3 aliphatic carbocycles. The third-order valence-electron chi connectivity index (χ3n) is 8.58. The average molecular weight is 578 g/mol. The molecule has 2 aromatic rings. The van der Waals surface area contributed by atoms with Gasteiger partial charge in [-0.3, -0.25) is 19.2 Å². The van der Waals surface area contributed by atoms with Crippen LogP contribution in [0.4, 0.5) is 5.69 Å². The zero-order valence-corrected chi connectivity index (χ0v) is 23.5. The summed E-state index contributed by atoms with van der Waals surface area (Å²) in [4.78, 5) is 55.6. The first-order chi connectivity index (χ1) is 19.0. The van der Waals surface area contributed by atoms with E-state index in [-0.39, 0.29) is 46.3 Å². The smallest absolute Gasteiger partial charge is 0.238 e. The molecule has 0 spiro atoms. The summed E-state index contributed by atoms with van der Waals surface area (Å²) < 4.78 is 5.33. The molecule has 0 radical (unpaired) electrons. The molecule has 9 heteroatoms. The molecule has 0 unspecified atom stereocenters. The SMILES string of the molecule is COc1cc([C@H]2C3=CC[C@@H]4C(=O)N(c5ccc(C)c(Cl)c5)C(=O)[C@@H]4[C@@H]3CC3=C2C(=O)C(C)=CC3=O)cc(Cl)c1O. The van der Waals surface area contributed by atoms with E-state index in [0.29, 0.717) is 39.4 Å². The van der Waals surface area contributed by atoms with Gasteiger partial charge in [0.15, 0.2) is 23.1 Å². The van der Waals surface area contributed by atoms with Gasteiger partial charge in [-0.1, -0.05) is 40.9 Å². The Labute approximate surface area is 240 Å². The second-order valence-corrected chi connectivity index (χ2v) is 11.5. The molecule has 2 amide bonds. The number of phenolic OH excluding ortho intramolecular Hbond substituents is 1. The van der Waals surface area contributed by atoms with E-state index in [4.69, 9.17) is 27.9 Å². The summed E-state index contributed by atoms with van der Waals surface area (Å²) in [7, 11) is 1.39. The monoisotopic (exact) mass is 577 g/mol. The van der Waals surface area contributed by atoms with Crippen LogP contribution in [0.25, 0.3) is 0 Å². The molecule has 1 aliphatic heterocycles. The number of carbonyl (C=O) groups is 4. The van der Waals surface area contributed by atoms with Gasteiger partial charge in [0.25, 0.3) is 0 Å². The minimum atomic E-state index is -0.714. The van der Waals surface area contributed by atoms with Gasteiger partial charge in [-0.25, -0.2) is 4.90 Å². The fourth-order valence-electron chi connectivity index (χ4n) is 6.63. The molecule has 1 fully saturated rings. The maximum Gasteiger partial charge on any atom is 0.238 e. The highest BCUT2D eigenvalue weighted by Gasteiger charge is 2.56. The predicted octanol–water partition coefficient (Wildman–Crippen LogP) is 5.65. The maximum absolute atomic E-state index is 14.0. The number of anilines is 1. The number of benzene rings is 2. The van der Waals surface area contributed by atoms with Crippen LogP contribution in [0.3, 0.4) is 0 Å². The van der Waals surface area contributed by atoms with Crippen LogP contribution in [0.15, 0.2) is 64.8 Å². The first kappa shape index (κ1) is 26.5. The van der Waals surface area contributed by atoms with Crippen molar-refractivity contribution >= 4 is 52.3 Å². The summed E-state index contributed by atoms with van der Waals surface area (Å²) in [5.41, 5.74) is 3.57. The average Bonchev–Trinajstić information content (AvgIpc) is 3.19. The fourth-order valence-corrected chi connectivity index (χ4v) is 7.03. The Kier molecular flexibility index (Phi) is 6.28. The number of phenols is 1. The van der Waals surface area contributed by atoms with Crippen LogP contribution in [0, 0.1) is 24.7 Å². The zero-order valence-electron chi connectivity index (χ0n) is 22.0. The highest BCUT2D eigenvalue weighted by molar-refractivity contribution is 6.33. The molecule has 1 N–H and O–H groups in total. The number of ether oxygens (including phenoxy) is 1. The molecule has 7 nitrogen and oxygen atoms in total. The number of ketones is 2. The van der Waals surface area contributed by atoms with Crippen LogP contribution in [0.2, 0.25) is 10.0 Å². The first-order valence-electron chi connectivity index (χ1n) is 12.9. The highest BCUT2D eigenvalue weighted by atomic mass is 35.5. The highest BCUT2D eigenvalue weighted by Crippen LogP contribution is 2.56. The number of halogens is 2. The van der Waals surface area contributed by atoms with E-state index >= 15 is 0 Å². The lowest BCUT2D eigenvalue weighted by molar-refractivity contribution is -0.123. The second kappa shape index (κ2) is 9.46. The van der Waals surface area contributed by atoms with E-state index in [1.807, 2.05) is 13.0 Å². The summed E-state index contributed by atoms with van der Waals surface area (Å²) in [5.74, 6) is -3.82. The second-order valence-electron chi connectivity index (χ2n) is 10.7. The summed E-state index contributed by atoms with van der Waals surface area (Å²) in [6, 6.07) is 8.23. The van der Waals surface area contributed by atoms with Crippen molar-refractivity contribution in [3.63, 3.8) is 0 Å². The van der Waals surface area contributed by atoms with Crippen LogP contribution in [0.1, 0.15) is 36.8 Å². The number of amides is 2. The van der Waals surface area contributed by atoms with Crippen LogP contribution >= 0.6 is 23.2 Å². The van der Waals surface area contributed by atoms with E-state index in [9.17, 15) is 24.3 Å². The number of Topliss-reactive ketones (excluding diaryl/α,β-unsaturated/α-hetero) is 1. The quantitative estimate of drug-likeness (QED) is 0.287. The lowest BCUT2D eigenvalue weighted by atomic mass is 9.59. The van der Waals surface area contributed by atoms with Crippen molar-refractivity contribution in [2.75, 3.05) is 12.0 Å². The lowest BCUT2D eigenvalue weighted by Crippen LogP contribution is -2.39. The van der Waals surface area contributed by atoms with Crippen molar-refractivity contribution in [3.8, 4) is 11.5 Å². The summed E-state index contributed by atoms with van der Waals surface area (Å²) >= 11 is 12.7. The number of fused-ring (bicyclic) bond motifs is 3. The van der Waals surface area contributed by atoms with E-state index in [1.54, 1.807) is 37.3 Å². The Morgan fingerprint density at radius 3 is 2.42 bits per heavy atom. The molecule has 0 bridgehead atoms. The maximum atomic E-state index is 14.0. The van der Waals surface area contributed by atoms with Gasteiger partial charge in [0, 0.05) is 27.7 Å². The van der Waals surface area contributed by atoms with Gasteiger partial charge in [0.2, 0.25) is 11.8 Å². The van der Waals surface area contributed by atoms with E-state index in [1.165, 1.54) is 18.1 Å². The Bertz CT molecular complexity index is 1650. The summed E-state index contributed by atoms with van der Waals surface area (Å²) in [6.07, 6.45) is 3.73. The number of imide groups is 1. The number of aryl methyl sites for hydroxylation is 1. The van der Waals surface area contributed by atoms with Crippen LogP contribution in [-0.4, -0.2) is 35.6 Å². The molecule has 0 aromatic heterocycles. The van der Waals surface area contributed by atoms with Crippen molar-refractivity contribution in [2.45, 2.75) is 32.6 Å².